The lowest BCUT2D eigenvalue weighted by Gasteiger charge is -2.41. The van der Waals surface area contributed by atoms with E-state index in [1.54, 1.807) is 6.20 Å². The van der Waals surface area contributed by atoms with Gasteiger partial charge in [-0.05, 0) is 35.6 Å². The van der Waals surface area contributed by atoms with Gasteiger partial charge >= 0.3 is 0 Å². The summed E-state index contributed by atoms with van der Waals surface area (Å²) in [7, 11) is 0. The average molecular weight is 261 g/mol. The minimum Gasteiger partial charge on any atom is -0.370 e. The molecule has 0 saturated carbocycles. The van der Waals surface area contributed by atoms with Crippen molar-refractivity contribution < 1.29 is 0 Å². The molecule has 2 heterocycles. The van der Waals surface area contributed by atoms with Crippen LogP contribution in [0.1, 0.15) is 20.8 Å². The van der Waals surface area contributed by atoms with Crippen LogP contribution >= 0.6 is 11.8 Å². The summed E-state index contributed by atoms with van der Waals surface area (Å²) in [5.74, 6) is 2.12. The van der Waals surface area contributed by atoms with Crippen LogP contribution in [0.3, 0.4) is 0 Å². The molecule has 0 N–H and O–H groups in total. The number of aromatic nitrogens is 1. The fourth-order valence-corrected chi connectivity index (χ4v) is 3.14. The number of pyridine rings is 1. The van der Waals surface area contributed by atoms with E-state index in [2.05, 4.69) is 36.1 Å². The molecule has 0 aliphatic carbocycles. The molecular formula is C14H19N3S. The topological polar surface area (TPSA) is 39.9 Å². The molecule has 2 rings (SSSR count). The first-order chi connectivity index (χ1) is 8.63. The second-order valence-electron chi connectivity index (χ2n) is 5.26. The van der Waals surface area contributed by atoms with Gasteiger partial charge in [0.25, 0.3) is 0 Å². The molecule has 18 heavy (non-hydrogen) atoms. The predicted octanol–water partition coefficient (Wildman–Crippen LogP) is 3.38. The molecular weight excluding hydrogens is 242 g/mol. The van der Waals surface area contributed by atoms with Crippen LogP contribution in [-0.4, -0.2) is 18.1 Å². The molecule has 0 spiro atoms. The number of piperidine rings is 1. The predicted molar refractivity (Wildman–Crippen MR) is 75.4 cm³/mol. The number of nitrogens with zero attached hydrogens (tertiary/aromatic N) is 3. The quantitative estimate of drug-likeness (QED) is 0.604. The van der Waals surface area contributed by atoms with Crippen molar-refractivity contribution in [3.05, 3.63) is 18.5 Å². The van der Waals surface area contributed by atoms with E-state index in [0.717, 1.165) is 29.6 Å². The summed E-state index contributed by atoms with van der Waals surface area (Å²) in [5.41, 5.74) is 1.15. The Hall–Kier alpha value is -1.21. The second-order valence-corrected chi connectivity index (χ2v) is 6.08. The summed E-state index contributed by atoms with van der Waals surface area (Å²) < 4.78 is 0. The lowest BCUT2D eigenvalue weighted by Crippen LogP contribution is -2.43. The van der Waals surface area contributed by atoms with Crippen LogP contribution in [0.25, 0.3) is 0 Å². The number of nitriles is 1. The van der Waals surface area contributed by atoms with Gasteiger partial charge in [-0.1, -0.05) is 20.8 Å². The number of rotatable bonds is 2. The normalized spacial score (nSPS) is 27.9. The van der Waals surface area contributed by atoms with E-state index in [-0.39, 0.29) is 0 Å². The first-order valence-electron chi connectivity index (χ1n) is 6.38. The standard InChI is InChI=1S/C14H19N3S/c1-10-7-17(8-11(2)12(10)3)13-4-5-16-6-14(13)18-9-15/h4-6,10-12H,7-8H2,1-3H3/t10-,11+,12?. The molecule has 3 atom stereocenters. The van der Waals surface area contributed by atoms with Crippen LogP contribution in [0.5, 0.6) is 0 Å². The van der Waals surface area contributed by atoms with Crippen molar-refractivity contribution in [2.45, 2.75) is 25.7 Å². The van der Waals surface area contributed by atoms with Gasteiger partial charge in [0.2, 0.25) is 0 Å². The highest BCUT2D eigenvalue weighted by molar-refractivity contribution is 8.03. The first-order valence-corrected chi connectivity index (χ1v) is 7.20. The van der Waals surface area contributed by atoms with Crippen molar-refractivity contribution in [3.8, 4) is 5.40 Å². The summed E-state index contributed by atoms with van der Waals surface area (Å²) in [5, 5.41) is 11.0. The van der Waals surface area contributed by atoms with Crippen molar-refractivity contribution in [1.82, 2.24) is 4.98 Å². The Morgan fingerprint density at radius 3 is 2.61 bits per heavy atom. The van der Waals surface area contributed by atoms with Crippen molar-refractivity contribution >= 4 is 17.4 Å². The van der Waals surface area contributed by atoms with E-state index in [1.807, 2.05) is 12.3 Å². The molecule has 0 amide bonds. The third kappa shape index (κ3) is 2.62. The SMILES string of the molecule is CC1[C@H](C)CN(c2ccncc2SC#N)C[C@@H]1C. The van der Waals surface area contributed by atoms with Gasteiger partial charge in [0.05, 0.1) is 10.6 Å². The molecule has 1 saturated heterocycles. The van der Waals surface area contributed by atoms with Crippen molar-refractivity contribution in [2.75, 3.05) is 18.0 Å². The summed E-state index contributed by atoms with van der Waals surface area (Å²) >= 11 is 1.20. The highest BCUT2D eigenvalue weighted by atomic mass is 32.2. The molecule has 1 aliphatic rings. The molecule has 0 radical (unpaired) electrons. The van der Waals surface area contributed by atoms with Crippen molar-refractivity contribution in [1.29, 1.82) is 5.26 Å². The smallest absolute Gasteiger partial charge is 0.138 e. The number of thioether (sulfide) groups is 1. The number of thiocyanates is 1. The summed E-state index contributed by atoms with van der Waals surface area (Å²) in [6, 6.07) is 2.02. The van der Waals surface area contributed by atoms with E-state index < -0.39 is 0 Å². The fourth-order valence-electron chi connectivity index (χ4n) is 2.62. The van der Waals surface area contributed by atoms with Crippen LogP contribution in [0.2, 0.25) is 0 Å². The second kappa shape index (κ2) is 5.62. The molecule has 1 aliphatic heterocycles. The molecule has 0 bridgehead atoms. The summed E-state index contributed by atoms with van der Waals surface area (Å²) in [4.78, 5) is 7.48. The molecule has 1 aromatic rings. The number of anilines is 1. The maximum atomic E-state index is 8.86. The van der Waals surface area contributed by atoms with Crippen LogP contribution in [-0.2, 0) is 0 Å². The zero-order valence-electron chi connectivity index (χ0n) is 11.1. The van der Waals surface area contributed by atoms with Gasteiger partial charge in [-0.3, -0.25) is 4.98 Å². The lowest BCUT2D eigenvalue weighted by molar-refractivity contribution is 0.240. The molecule has 1 fully saturated rings. The Bertz CT molecular complexity index is 443. The molecule has 96 valence electrons. The molecule has 4 heteroatoms. The fraction of sp³-hybridized carbons (Fsp3) is 0.571. The van der Waals surface area contributed by atoms with Gasteiger partial charge in [-0.2, -0.15) is 5.26 Å². The number of hydrogen-bond donors (Lipinski definition) is 0. The largest absolute Gasteiger partial charge is 0.370 e. The maximum absolute atomic E-state index is 8.86. The Balaban J connectivity index is 2.24. The van der Waals surface area contributed by atoms with Crippen molar-refractivity contribution in [2.24, 2.45) is 17.8 Å². The zero-order valence-corrected chi connectivity index (χ0v) is 11.9. The molecule has 1 aromatic heterocycles. The first kappa shape index (κ1) is 13.2. The summed E-state index contributed by atoms with van der Waals surface area (Å²) in [6.07, 6.45) is 3.60. The molecule has 3 nitrogen and oxygen atoms in total. The Labute approximate surface area is 113 Å². The van der Waals surface area contributed by atoms with Crippen LogP contribution < -0.4 is 4.90 Å². The summed E-state index contributed by atoms with van der Waals surface area (Å²) in [6.45, 7) is 9.09. The Kier molecular flexibility index (Phi) is 4.13. The Morgan fingerprint density at radius 2 is 2.00 bits per heavy atom. The van der Waals surface area contributed by atoms with Gasteiger partial charge in [0.15, 0.2) is 0 Å². The van der Waals surface area contributed by atoms with Gasteiger partial charge in [0, 0.05) is 25.5 Å². The van der Waals surface area contributed by atoms with E-state index in [4.69, 9.17) is 5.26 Å². The average Bonchev–Trinajstić information content (AvgIpc) is 2.36. The zero-order chi connectivity index (χ0) is 13.1. The maximum Gasteiger partial charge on any atom is 0.138 e. The van der Waals surface area contributed by atoms with E-state index in [1.165, 1.54) is 11.8 Å². The van der Waals surface area contributed by atoms with Gasteiger partial charge in [0.1, 0.15) is 5.40 Å². The Morgan fingerprint density at radius 1 is 1.33 bits per heavy atom. The minimum atomic E-state index is 0.682. The monoisotopic (exact) mass is 261 g/mol. The van der Waals surface area contributed by atoms with E-state index >= 15 is 0 Å². The van der Waals surface area contributed by atoms with Crippen LogP contribution in [0.4, 0.5) is 5.69 Å². The van der Waals surface area contributed by atoms with E-state index in [0.29, 0.717) is 11.8 Å². The molecule has 1 unspecified atom stereocenters. The molecule has 0 aromatic carbocycles. The lowest BCUT2D eigenvalue weighted by atomic mass is 9.81. The minimum absolute atomic E-state index is 0.682. The van der Waals surface area contributed by atoms with Gasteiger partial charge in [-0.15, -0.1) is 0 Å². The van der Waals surface area contributed by atoms with Gasteiger partial charge < -0.3 is 4.90 Å². The third-order valence-electron chi connectivity index (χ3n) is 4.07. The van der Waals surface area contributed by atoms with Crippen molar-refractivity contribution in [3.63, 3.8) is 0 Å². The van der Waals surface area contributed by atoms with Gasteiger partial charge in [-0.25, -0.2) is 0 Å². The number of hydrogen-bond acceptors (Lipinski definition) is 4. The third-order valence-corrected chi connectivity index (χ3v) is 4.70. The van der Waals surface area contributed by atoms with E-state index in [9.17, 15) is 0 Å². The van der Waals surface area contributed by atoms with Crippen LogP contribution in [0, 0.1) is 28.4 Å². The van der Waals surface area contributed by atoms with Crippen LogP contribution in [0.15, 0.2) is 23.4 Å². The highest BCUT2D eigenvalue weighted by Gasteiger charge is 2.29. The highest BCUT2D eigenvalue weighted by Crippen LogP contribution is 2.35.